The summed E-state index contributed by atoms with van der Waals surface area (Å²) >= 11 is 12.1. The fourth-order valence-corrected chi connectivity index (χ4v) is 3.16. The fraction of sp³-hybridized carbons (Fsp3) is 0.500. The van der Waals surface area contributed by atoms with Crippen LogP contribution in [-0.4, -0.2) is 18.0 Å². The Morgan fingerprint density at radius 1 is 1.25 bits per heavy atom. The van der Waals surface area contributed by atoms with E-state index in [2.05, 4.69) is 5.32 Å². The van der Waals surface area contributed by atoms with E-state index in [-0.39, 0.29) is 30.3 Å². The van der Waals surface area contributed by atoms with Crippen molar-refractivity contribution < 1.29 is 4.79 Å². The average Bonchev–Trinajstić information content (AvgIpc) is 2.83. The maximum absolute atomic E-state index is 12.2. The summed E-state index contributed by atoms with van der Waals surface area (Å²) in [6.07, 6.45) is 4.33. The quantitative estimate of drug-likeness (QED) is 0.885. The van der Waals surface area contributed by atoms with Gasteiger partial charge in [-0.15, -0.1) is 12.4 Å². The molecule has 0 radical (unpaired) electrons. The molecule has 2 rings (SSSR count). The van der Waals surface area contributed by atoms with Crippen molar-refractivity contribution in [3.8, 4) is 0 Å². The summed E-state index contributed by atoms with van der Waals surface area (Å²) in [5.41, 5.74) is 6.25. The highest BCUT2D eigenvalue weighted by Crippen LogP contribution is 2.29. The molecular weight excluding hydrogens is 319 g/mol. The predicted octanol–water partition coefficient (Wildman–Crippen LogP) is 3.35. The van der Waals surface area contributed by atoms with Gasteiger partial charge < -0.3 is 11.1 Å². The molecule has 0 bridgehead atoms. The van der Waals surface area contributed by atoms with E-state index < -0.39 is 0 Å². The molecule has 1 aromatic carbocycles. The number of carbonyl (C=O) groups excluding carboxylic acids is 1. The minimum Gasteiger partial charge on any atom is -0.349 e. The third kappa shape index (κ3) is 4.01. The van der Waals surface area contributed by atoms with Crippen LogP contribution in [0.15, 0.2) is 18.2 Å². The van der Waals surface area contributed by atoms with Crippen LogP contribution in [0.1, 0.15) is 31.2 Å². The van der Waals surface area contributed by atoms with Gasteiger partial charge in [0.05, 0.1) is 12.0 Å². The van der Waals surface area contributed by atoms with Gasteiger partial charge in [-0.1, -0.05) is 42.1 Å². The van der Waals surface area contributed by atoms with Crippen LogP contribution in [-0.2, 0) is 11.2 Å². The summed E-state index contributed by atoms with van der Waals surface area (Å²) in [6, 6.07) is 5.25. The second-order valence-electron chi connectivity index (χ2n) is 5.12. The molecule has 112 valence electrons. The van der Waals surface area contributed by atoms with E-state index in [4.69, 9.17) is 28.9 Å². The number of halogens is 3. The Morgan fingerprint density at radius 3 is 2.30 bits per heavy atom. The average molecular weight is 338 g/mol. The maximum atomic E-state index is 12.2. The Bertz CT molecular complexity index is 453. The predicted molar refractivity (Wildman–Crippen MR) is 85.8 cm³/mol. The van der Waals surface area contributed by atoms with Crippen molar-refractivity contribution in [1.29, 1.82) is 0 Å². The molecule has 0 unspecified atom stereocenters. The fourth-order valence-electron chi connectivity index (χ4n) is 2.63. The molecule has 1 saturated carbocycles. The van der Waals surface area contributed by atoms with E-state index in [1.54, 1.807) is 18.2 Å². The topological polar surface area (TPSA) is 55.1 Å². The van der Waals surface area contributed by atoms with Crippen LogP contribution in [0.3, 0.4) is 0 Å². The molecule has 3 nitrogen and oxygen atoms in total. The summed E-state index contributed by atoms with van der Waals surface area (Å²) in [4.78, 5) is 12.2. The van der Waals surface area contributed by atoms with Gasteiger partial charge in [0.15, 0.2) is 0 Å². The number of nitrogens with one attached hydrogen (secondary N) is 1. The summed E-state index contributed by atoms with van der Waals surface area (Å²) in [5, 5.41) is 4.11. The van der Waals surface area contributed by atoms with Crippen molar-refractivity contribution >= 4 is 41.5 Å². The first-order valence-electron chi connectivity index (χ1n) is 6.50. The third-order valence-electron chi connectivity index (χ3n) is 3.76. The summed E-state index contributed by atoms with van der Waals surface area (Å²) < 4.78 is 0. The molecule has 0 spiro atoms. The molecule has 0 heterocycles. The van der Waals surface area contributed by atoms with Gasteiger partial charge in [0.2, 0.25) is 5.91 Å². The van der Waals surface area contributed by atoms with Crippen LogP contribution in [0.5, 0.6) is 0 Å². The maximum Gasteiger partial charge on any atom is 0.225 e. The number of amides is 1. The zero-order chi connectivity index (χ0) is 13.9. The molecule has 1 fully saturated rings. The molecule has 1 aromatic rings. The molecule has 0 aromatic heterocycles. The molecule has 0 atom stereocenters. The Hall–Kier alpha value is -0.480. The second-order valence-corrected chi connectivity index (χ2v) is 5.93. The minimum atomic E-state index is -0.231. The van der Waals surface area contributed by atoms with Crippen LogP contribution in [0, 0.1) is 0 Å². The van der Waals surface area contributed by atoms with E-state index in [1.165, 1.54) is 0 Å². The van der Waals surface area contributed by atoms with E-state index >= 15 is 0 Å². The lowest BCUT2D eigenvalue weighted by atomic mass is 9.97. The second kappa shape index (κ2) is 7.51. The lowest BCUT2D eigenvalue weighted by Gasteiger charge is -2.28. The number of carbonyl (C=O) groups is 1. The first kappa shape index (κ1) is 17.6. The standard InChI is InChI=1S/C14H18Cl2N2O.ClH/c15-11-4-3-5-12(16)10(11)8-13(19)18-14(9-17)6-1-2-7-14;/h3-5H,1-2,6-9,17H2,(H,18,19);1H. The Kier molecular flexibility index (Phi) is 6.59. The van der Waals surface area contributed by atoms with Gasteiger partial charge in [-0.25, -0.2) is 0 Å². The molecule has 1 aliphatic carbocycles. The van der Waals surface area contributed by atoms with Crippen LogP contribution in [0.25, 0.3) is 0 Å². The van der Waals surface area contributed by atoms with Crippen molar-refractivity contribution in [2.24, 2.45) is 5.73 Å². The molecule has 3 N–H and O–H groups in total. The molecule has 20 heavy (non-hydrogen) atoms. The smallest absolute Gasteiger partial charge is 0.225 e. The van der Waals surface area contributed by atoms with E-state index in [0.717, 1.165) is 25.7 Å². The molecule has 0 saturated heterocycles. The SMILES string of the molecule is Cl.NCC1(NC(=O)Cc2c(Cl)cccc2Cl)CCCC1. The highest BCUT2D eigenvalue weighted by atomic mass is 35.5. The third-order valence-corrected chi connectivity index (χ3v) is 4.46. The monoisotopic (exact) mass is 336 g/mol. The first-order chi connectivity index (χ1) is 9.06. The highest BCUT2D eigenvalue weighted by molar-refractivity contribution is 6.36. The van der Waals surface area contributed by atoms with Gasteiger partial charge in [0.25, 0.3) is 0 Å². The molecule has 1 aliphatic rings. The van der Waals surface area contributed by atoms with Gasteiger partial charge in [0, 0.05) is 16.6 Å². The van der Waals surface area contributed by atoms with E-state index in [9.17, 15) is 4.79 Å². The molecule has 1 amide bonds. The summed E-state index contributed by atoms with van der Waals surface area (Å²) in [7, 11) is 0. The van der Waals surface area contributed by atoms with Gasteiger partial charge >= 0.3 is 0 Å². The van der Waals surface area contributed by atoms with Crippen molar-refractivity contribution in [3.63, 3.8) is 0 Å². The molecule has 6 heteroatoms. The lowest BCUT2D eigenvalue weighted by molar-refractivity contribution is -0.122. The van der Waals surface area contributed by atoms with Gasteiger partial charge in [0.1, 0.15) is 0 Å². The Balaban J connectivity index is 0.00000200. The normalized spacial score (nSPS) is 16.6. The Morgan fingerprint density at radius 2 is 1.80 bits per heavy atom. The molecular formula is C14H19Cl3N2O. The summed E-state index contributed by atoms with van der Waals surface area (Å²) in [6.45, 7) is 0.481. The zero-order valence-electron chi connectivity index (χ0n) is 11.1. The van der Waals surface area contributed by atoms with Gasteiger partial charge in [-0.2, -0.15) is 0 Å². The van der Waals surface area contributed by atoms with Gasteiger partial charge in [-0.05, 0) is 30.5 Å². The number of hydrogen-bond acceptors (Lipinski definition) is 2. The van der Waals surface area contributed by atoms with Gasteiger partial charge in [-0.3, -0.25) is 4.79 Å². The number of hydrogen-bond donors (Lipinski definition) is 2. The van der Waals surface area contributed by atoms with Crippen molar-refractivity contribution in [2.75, 3.05) is 6.54 Å². The largest absolute Gasteiger partial charge is 0.349 e. The lowest BCUT2D eigenvalue weighted by Crippen LogP contribution is -2.52. The zero-order valence-corrected chi connectivity index (χ0v) is 13.5. The van der Waals surface area contributed by atoms with Crippen molar-refractivity contribution in [2.45, 2.75) is 37.6 Å². The number of rotatable bonds is 4. The van der Waals surface area contributed by atoms with E-state index in [1.807, 2.05) is 0 Å². The van der Waals surface area contributed by atoms with Crippen LogP contribution < -0.4 is 11.1 Å². The molecule has 0 aliphatic heterocycles. The minimum absolute atomic E-state index is 0. The van der Waals surface area contributed by atoms with E-state index in [0.29, 0.717) is 22.2 Å². The van der Waals surface area contributed by atoms with Crippen LogP contribution in [0.4, 0.5) is 0 Å². The van der Waals surface area contributed by atoms with Crippen LogP contribution >= 0.6 is 35.6 Å². The number of benzene rings is 1. The van der Waals surface area contributed by atoms with Crippen molar-refractivity contribution in [3.05, 3.63) is 33.8 Å². The first-order valence-corrected chi connectivity index (χ1v) is 7.26. The Labute approximate surface area is 135 Å². The van der Waals surface area contributed by atoms with Crippen molar-refractivity contribution in [1.82, 2.24) is 5.32 Å². The van der Waals surface area contributed by atoms with Crippen LogP contribution in [0.2, 0.25) is 10.0 Å². The highest BCUT2D eigenvalue weighted by Gasteiger charge is 2.33. The summed E-state index contributed by atoms with van der Waals surface area (Å²) in [5.74, 6) is -0.0673. The number of nitrogens with two attached hydrogens (primary N) is 1.